The summed E-state index contributed by atoms with van der Waals surface area (Å²) in [5.41, 5.74) is 1.50. The summed E-state index contributed by atoms with van der Waals surface area (Å²) in [5, 5.41) is 2.69. The molecule has 0 spiro atoms. The van der Waals surface area contributed by atoms with Crippen LogP contribution < -0.4 is 10.9 Å². The van der Waals surface area contributed by atoms with Gasteiger partial charge in [-0.3, -0.25) is 19.0 Å². The molecule has 7 heteroatoms. The van der Waals surface area contributed by atoms with E-state index < -0.39 is 0 Å². The number of aryl methyl sites for hydroxylation is 1. The van der Waals surface area contributed by atoms with Crippen LogP contribution in [0.15, 0.2) is 4.79 Å². The second kappa shape index (κ2) is 5.55. The number of hydrogen-bond acceptors (Lipinski definition) is 4. The molecule has 2 amide bonds. The number of carbonyl (C=O) groups excluding carboxylic acids is 2. The fraction of sp³-hybridized carbons (Fsp3) is 0.600. The van der Waals surface area contributed by atoms with E-state index in [0.29, 0.717) is 43.9 Å². The summed E-state index contributed by atoms with van der Waals surface area (Å²) in [6.45, 7) is 3.29. The first-order chi connectivity index (χ1) is 10.5. The minimum absolute atomic E-state index is 0.000276. The number of nitrogens with one attached hydrogen (secondary N) is 1. The highest BCUT2D eigenvalue weighted by atomic mass is 16.2. The summed E-state index contributed by atoms with van der Waals surface area (Å²) in [7, 11) is 1.72. The highest BCUT2D eigenvalue weighted by Crippen LogP contribution is 2.17. The lowest BCUT2D eigenvalue weighted by Gasteiger charge is -2.22. The Labute approximate surface area is 128 Å². The van der Waals surface area contributed by atoms with E-state index in [1.807, 2.05) is 6.92 Å². The van der Waals surface area contributed by atoms with Crippen LogP contribution in [0.4, 0.5) is 0 Å². The lowest BCUT2D eigenvalue weighted by atomic mass is 10.1. The van der Waals surface area contributed by atoms with Gasteiger partial charge in [-0.25, -0.2) is 4.98 Å². The topological polar surface area (TPSA) is 84.3 Å². The van der Waals surface area contributed by atoms with Gasteiger partial charge >= 0.3 is 0 Å². The van der Waals surface area contributed by atoms with Crippen molar-refractivity contribution in [2.24, 2.45) is 13.0 Å². The van der Waals surface area contributed by atoms with Crippen LogP contribution >= 0.6 is 0 Å². The zero-order valence-electron chi connectivity index (χ0n) is 12.9. The first-order valence-corrected chi connectivity index (χ1v) is 7.58. The average Bonchev–Trinajstić information content (AvgIpc) is 2.81. The first kappa shape index (κ1) is 14.7. The van der Waals surface area contributed by atoms with Crippen molar-refractivity contribution in [1.29, 1.82) is 0 Å². The summed E-state index contributed by atoms with van der Waals surface area (Å²) in [6.07, 6.45) is 1.38. The van der Waals surface area contributed by atoms with Crippen molar-refractivity contribution in [3.63, 3.8) is 0 Å². The van der Waals surface area contributed by atoms with Gasteiger partial charge in [0.15, 0.2) is 0 Å². The molecule has 0 radical (unpaired) electrons. The zero-order chi connectivity index (χ0) is 15.9. The Bertz CT molecular complexity index is 695. The molecule has 2 aliphatic rings. The monoisotopic (exact) mass is 304 g/mol. The molecule has 1 N–H and O–H groups in total. The molecular formula is C15H20N4O3. The molecule has 0 saturated carbocycles. The SMILES string of the molecule is Cc1nc2c(c(=O)n1C)CCN(C(=O)[C@@H]1CNC(=O)C1)CC2. The molecule has 0 bridgehead atoms. The normalized spacial score (nSPS) is 21.3. The molecule has 1 aromatic rings. The van der Waals surface area contributed by atoms with Gasteiger partial charge in [0.2, 0.25) is 11.8 Å². The predicted octanol–water partition coefficient (Wildman–Crippen LogP) is -0.848. The number of rotatable bonds is 1. The Kier molecular flexibility index (Phi) is 3.72. The number of amides is 2. The van der Waals surface area contributed by atoms with E-state index in [0.717, 1.165) is 5.69 Å². The van der Waals surface area contributed by atoms with Crippen molar-refractivity contribution in [3.05, 3.63) is 27.4 Å². The van der Waals surface area contributed by atoms with Crippen molar-refractivity contribution < 1.29 is 9.59 Å². The molecule has 7 nitrogen and oxygen atoms in total. The maximum Gasteiger partial charge on any atom is 0.256 e. The van der Waals surface area contributed by atoms with Gasteiger partial charge in [-0.15, -0.1) is 0 Å². The van der Waals surface area contributed by atoms with Crippen LogP contribution in [0, 0.1) is 12.8 Å². The van der Waals surface area contributed by atoms with Crippen molar-refractivity contribution in [3.8, 4) is 0 Å². The standard InChI is InChI=1S/C15H20N4O3/c1-9-17-12-4-6-19(5-3-11(12)15(22)18(9)2)14(21)10-7-13(20)16-8-10/h10H,3-8H2,1-2H3,(H,16,20)/t10-/m0/s1. The van der Waals surface area contributed by atoms with Crippen LogP contribution in [0.5, 0.6) is 0 Å². The molecular weight excluding hydrogens is 284 g/mol. The molecule has 0 aliphatic carbocycles. The maximum absolute atomic E-state index is 12.5. The van der Waals surface area contributed by atoms with E-state index in [4.69, 9.17) is 0 Å². The largest absolute Gasteiger partial charge is 0.355 e. The summed E-state index contributed by atoms with van der Waals surface area (Å²) in [6, 6.07) is 0. The van der Waals surface area contributed by atoms with E-state index in [1.165, 1.54) is 0 Å². The smallest absolute Gasteiger partial charge is 0.256 e. The molecule has 1 atom stereocenters. The van der Waals surface area contributed by atoms with Gasteiger partial charge in [-0.2, -0.15) is 0 Å². The molecule has 22 heavy (non-hydrogen) atoms. The molecule has 1 fully saturated rings. The summed E-state index contributed by atoms with van der Waals surface area (Å²) in [5.74, 6) is 0.350. The Morgan fingerprint density at radius 2 is 2.00 bits per heavy atom. The molecule has 3 rings (SSSR count). The van der Waals surface area contributed by atoms with Gasteiger partial charge in [0, 0.05) is 45.1 Å². The van der Waals surface area contributed by atoms with Crippen molar-refractivity contribution >= 4 is 11.8 Å². The fourth-order valence-electron chi connectivity index (χ4n) is 3.13. The van der Waals surface area contributed by atoms with E-state index in [-0.39, 0.29) is 29.7 Å². The van der Waals surface area contributed by atoms with Crippen LogP contribution in [0.2, 0.25) is 0 Å². The van der Waals surface area contributed by atoms with E-state index >= 15 is 0 Å². The zero-order valence-corrected chi connectivity index (χ0v) is 12.9. The Hall–Kier alpha value is -2.18. The van der Waals surface area contributed by atoms with Crippen LogP contribution in [-0.2, 0) is 29.5 Å². The van der Waals surface area contributed by atoms with Crippen LogP contribution in [0.1, 0.15) is 23.5 Å². The van der Waals surface area contributed by atoms with Gasteiger partial charge in [0.1, 0.15) is 5.82 Å². The lowest BCUT2D eigenvalue weighted by molar-refractivity contribution is -0.135. The third-order valence-electron chi connectivity index (χ3n) is 4.58. The third-order valence-corrected chi connectivity index (χ3v) is 4.58. The first-order valence-electron chi connectivity index (χ1n) is 7.58. The number of fused-ring (bicyclic) bond motifs is 1. The average molecular weight is 304 g/mol. The Morgan fingerprint density at radius 3 is 2.68 bits per heavy atom. The number of aromatic nitrogens is 2. The van der Waals surface area contributed by atoms with Gasteiger partial charge < -0.3 is 10.2 Å². The van der Waals surface area contributed by atoms with Crippen LogP contribution in [0.25, 0.3) is 0 Å². The fourth-order valence-corrected chi connectivity index (χ4v) is 3.13. The summed E-state index contributed by atoms with van der Waals surface area (Å²) < 4.78 is 1.55. The number of carbonyl (C=O) groups is 2. The van der Waals surface area contributed by atoms with Gasteiger partial charge in [-0.05, 0) is 13.3 Å². The Morgan fingerprint density at radius 1 is 1.27 bits per heavy atom. The van der Waals surface area contributed by atoms with Crippen molar-refractivity contribution in [2.75, 3.05) is 19.6 Å². The highest BCUT2D eigenvalue weighted by Gasteiger charge is 2.32. The summed E-state index contributed by atoms with van der Waals surface area (Å²) >= 11 is 0. The van der Waals surface area contributed by atoms with E-state index in [2.05, 4.69) is 10.3 Å². The molecule has 0 aromatic carbocycles. The van der Waals surface area contributed by atoms with Crippen LogP contribution in [0.3, 0.4) is 0 Å². The molecule has 3 heterocycles. The van der Waals surface area contributed by atoms with Crippen molar-refractivity contribution in [1.82, 2.24) is 19.8 Å². The molecule has 118 valence electrons. The lowest BCUT2D eigenvalue weighted by Crippen LogP contribution is -2.38. The maximum atomic E-state index is 12.5. The van der Waals surface area contributed by atoms with Gasteiger partial charge in [0.05, 0.1) is 11.6 Å². The Balaban J connectivity index is 1.79. The quantitative estimate of drug-likeness (QED) is 0.732. The minimum atomic E-state index is -0.272. The van der Waals surface area contributed by atoms with Gasteiger partial charge in [-0.1, -0.05) is 0 Å². The number of nitrogens with zero attached hydrogens (tertiary/aromatic N) is 3. The van der Waals surface area contributed by atoms with E-state index in [9.17, 15) is 14.4 Å². The molecule has 1 aromatic heterocycles. The van der Waals surface area contributed by atoms with Crippen LogP contribution in [-0.4, -0.2) is 45.9 Å². The molecule has 0 unspecified atom stereocenters. The van der Waals surface area contributed by atoms with Gasteiger partial charge in [0.25, 0.3) is 5.56 Å². The molecule has 1 saturated heterocycles. The number of hydrogen-bond donors (Lipinski definition) is 1. The second-order valence-corrected chi connectivity index (χ2v) is 5.98. The third kappa shape index (κ3) is 2.51. The summed E-state index contributed by atoms with van der Waals surface area (Å²) in [4.78, 5) is 42.4. The van der Waals surface area contributed by atoms with Crippen molar-refractivity contribution in [2.45, 2.75) is 26.2 Å². The molecule has 2 aliphatic heterocycles. The predicted molar refractivity (Wildman–Crippen MR) is 79.3 cm³/mol. The second-order valence-electron chi connectivity index (χ2n) is 5.98. The highest BCUT2D eigenvalue weighted by molar-refractivity contribution is 5.89. The minimum Gasteiger partial charge on any atom is -0.355 e. The van der Waals surface area contributed by atoms with E-state index in [1.54, 1.807) is 16.5 Å².